The van der Waals surface area contributed by atoms with Crippen LogP contribution in [0.25, 0.3) is 0 Å². The molecule has 0 saturated carbocycles. The maximum atomic E-state index is 12.7. The van der Waals surface area contributed by atoms with Gasteiger partial charge in [0.2, 0.25) is 11.8 Å². The van der Waals surface area contributed by atoms with Gasteiger partial charge in [-0.05, 0) is 26.6 Å². The Morgan fingerprint density at radius 3 is 2.58 bits per heavy atom. The molecule has 1 N–H and O–H groups in total. The Hall–Kier alpha value is -1.53. The molecule has 0 bridgehead atoms. The van der Waals surface area contributed by atoms with Crippen LogP contribution in [0.2, 0.25) is 0 Å². The van der Waals surface area contributed by atoms with Gasteiger partial charge >= 0.3 is 0 Å². The third kappa shape index (κ3) is 4.30. The van der Waals surface area contributed by atoms with E-state index in [-0.39, 0.29) is 29.9 Å². The molecule has 0 aliphatic carbocycles. The zero-order valence-corrected chi connectivity index (χ0v) is 15.7. The van der Waals surface area contributed by atoms with Gasteiger partial charge in [0.1, 0.15) is 6.04 Å². The number of rotatable bonds is 6. The Balaban J connectivity index is 2.08. The molecule has 2 amide bonds. The minimum absolute atomic E-state index is 0.0417. The van der Waals surface area contributed by atoms with Crippen molar-refractivity contribution < 1.29 is 9.59 Å². The number of benzene rings is 1. The molecule has 1 aliphatic heterocycles. The summed E-state index contributed by atoms with van der Waals surface area (Å²) in [5.74, 6) is 1.26. The zero-order chi connectivity index (χ0) is 17.7. The maximum absolute atomic E-state index is 12.7. The molecule has 0 unspecified atom stereocenters. The molecule has 0 radical (unpaired) electrons. The first kappa shape index (κ1) is 18.8. The molecule has 2 rings (SSSR count). The van der Waals surface area contributed by atoms with Gasteiger partial charge in [0.15, 0.2) is 0 Å². The van der Waals surface area contributed by atoms with E-state index in [9.17, 15) is 9.59 Å². The molecule has 1 aliphatic rings. The summed E-state index contributed by atoms with van der Waals surface area (Å²) in [6.07, 6.45) is 0.435. The van der Waals surface area contributed by atoms with Crippen LogP contribution in [0, 0.1) is 0 Å². The minimum Gasteiger partial charge on any atom is -0.350 e. The van der Waals surface area contributed by atoms with E-state index >= 15 is 0 Å². The fourth-order valence-corrected chi connectivity index (χ4v) is 4.37. The summed E-state index contributed by atoms with van der Waals surface area (Å²) in [4.78, 5) is 28.5. The molecule has 132 valence electrons. The summed E-state index contributed by atoms with van der Waals surface area (Å²) in [7, 11) is 4.03. The van der Waals surface area contributed by atoms with Crippen molar-refractivity contribution >= 4 is 23.6 Å². The van der Waals surface area contributed by atoms with Gasteiger partial charge in [-0.15, -0.1) is 11.8 Å². The van der Waals surface area contributed by atoms with E-state index < -0.39 is 0 Å². The Kier molecular flexibility index (Phi) is 6.69. The first-order valence-electron chi connectivity index (χ1n) is 8.34. The molecule has 1 aromatic carbocycles. The van der Waals surface area contributed by atoms with Crippen molar-refractivity contribution in [1.29, 1.82) is 0 Å². The number of hydrogen-bond donors (Lipinski definition) is 1. The number of thioether (sulfide) groups is 1. The van der Waals surface area contributed by atoms with Crippen LogP contribution in [0.1, 0.15) is 31.9 Å². The highest BCUT2D eigenvalue weighted by atomic mass is 32.2. The largest absolute Gasteiger partial charge is 0.350 e. The molecule has 24 heavy (non-hydrogen) atoms. The Morgan fingerprint density at radius 2 is 2.00 bits per heavy atom. The predicted octanol–water partition coefficient (Wildman–Crippen LogP) is 2.11. The Labute approximate surface area is 148 Å². The van der Waals surface area contributed by atoms with Gasteiger partial charge < -0.3 is 15.1 Å². The van der Waals surface area contributed by atoms with Gasteiger partial charge in [-0.2, -0.15) is 0 Å². The predicted molar refractivity (Wildman–Crippen MR) is 98.7 cm³/mol. The standard InChI is InChI=1S/C18H27N3O2S/c1-5-16(22)21-12-24-11-15(21)18(23)19-13(2)17(20(3)4)14-9-7-6-8-10-14/h6-10,13,15,17H,5,11-12H2,1-4H3,(H,19,23)/t13-,15+,17+/m0/s1. The fourth-order valence-electron chi connectivity index (χ4n) is 3.19. The maximum Gasteiger partial charge on any atom is 0.243 e. The highest BCUT2D eigenvalue weighted by molar-refractivity contribution is 7.99. The van der Waals surface area contributed by atoms with Crippen LogP contribution in [0.5, 0.6) is 0 Å². The van der Waals surface area contributed by atoms with Crippen molar-refractivity contribution in [2.24, 2.45) is 0 Å². The first-order chi connectivity index (χ1) is 11.5. The van der Waals surface area contributed by atoms with Crippen LogP contribution in [-0.2, 0) is 9.59 Å². The van der Waals surface area contributed by atoms with Gasteiger partial charge in [0.05, 0.1) is 11.9 Å². The minimum atomic E-state index is -0.358. The molecule has 1 heterocycles. The van der Waals surface area contributed by atoms with Crippen LogP contribution < -0.4 is 5.32 Å². The summed E-state index contributed by atoms with van der Waals surface area (Å²) >= 11 is 1.63. The quantitative estimate of drug-likeness (QED) is 0.855. The molecule has 1 saturated heterocycles. The molecule has 0 spiro atoms. The summed E-state index contributed by atoms with van der Waals surface area (Å²) in [5.41, 5.74) is 1.16. The van der Waals surface area contributed by atoms with Crippen molar-refractivity contribution in [3.05, 3.63) is 35.9 Å². The lowest BCUT2D eigenvalue weighted by molar-refractivity contribution is -0.138. The van der Waals surface area contributed by atoms with E-state index in [1.807, 2.05) is 46.1 Å². The fraction of sp³-hybridized carbons (Fsp3) is 0.556. The van der Waals surface area contributed by atoms with Crippen molar-refractivity contribution in [3.63, 3.8) is 0 Å². The number of hydrogen-bond acceptors (Lipinski definition) is 4. The van der Waals surface area contributed by atoms with Crippen molar-refractivity contribution in [3.8, 4) is 0 Å². The van der Waals surface area contributed by atoms with Crippen LogP contribution in [-0.4, -0.2) is 59.4 Å². The number of carbonyl (C=O) groups is 2. The van der Waals surface area contributed by atoms with Crippen molar-refractivity contribution in [2.75, 3.05) is 25.7 Å². The monoisotopic (exact) mass is 349 g/mol. The average Bonchev–Trinajstić information content (AvgIpc) is 3.04. The normalized spacial score (nSPS) is 20.0. The van der Waals surface area contributed by atoms with Crippen molar-refractivity contribution in [1.82, 2.24) is 15.1 Å². The number of nitrogens with one attached hydrogen (secondary N) is 1. The number of likely N-dealkylation sites (N-methyl/N-ethyl adjacent to an activating group) is 1. The SMILES string of the molecule is CCC(=O)N1CSC[C@@H]1C(=O)N[C@@H](C)[C@H](c1ccccc1)N(C)C. The van der Waals surface area contributed by atoms with Crippen molar-refractivity contribution in [2.45, 2.75) is 38.4 Å². The molecule has 0 aromatic heterocycles. The second-order valence-electron chi connectivity index (χ2n) is 6.35. The lowest BCUT2D eigenvalue weighted by Crippen LogP contribution is -2.51. The summed E-state index contributed by atoms with van der Waals surface area (Å²) < 4.78 is 0. The first-order valence-corrected chi connectivity index (χ1v) is 9.50. The van der Waals surface area contributed by atoms with Crippen LogP contribution in [0.15, 0.2) is 30.3 Å². The van der Waals surface area contributed by atoms with Gasteiger partial charge in [-0.3, -0.25) is 9.59 Å². The van der Waals surface area contributed by atoms with E-state index in [0.29, 0.717) is 18.1 Å². The second kappa shape index (κ2) is 8.53. The van der Waals surface area contributed by atoms with Crippen LogP contribution in [0.3, 0.4) is 0 Å². The van der Waals surface area contributed by atoms with Crippen LogP contribution in [0.4, 0.5) is 0 Å². The molecule has 1 fully saturated rings. The lowest BCUT2D eigenvalue weighted by Gasteiger charge is -2.32. The van der Waals surface area contributed by atoms with E-state index in [2.05, 4.69) is 22.3 Å². The number of carbonyl (C=O) groups excluding carboxylic acids is 2. The highest BCUT2D eigenvalue weighted by Gasteiger charge is 2.35. The molecule has 6 heteroatoms. The zero-order valence-electron chi connectivity index (χ0n) is 14.9. The molecule has 3 atom stereocenters. The summed E-state index contributed by atoms with van der Waals surface area (Å²) in [5, 5.41) is 3.12. The molecular weight excluding hydrogens is 322 g/mol. The average molecular weight is 350 g/mol. The number of nitrogens with zero attached hydrogens (tertiary/aromatic N) is 2. The Bertz CT molecular complexity index is 565. The summed E-state index contributed by atoms with van der Waals surface area (Å²) in [6.45, 7) is 3.85. The number of amides is 2. The molecule has 5 nitrogen and oxygen atoms in total. The van der Waals surface area contributed by atoms with Gasteiger partial charge in [0.25, 0.3) is 0 Å². The van der Waals surface area contributed by atoms with Gasteiger partial charge in [-0.25, -0.2) is 0 Å². The summed E-state index contributed by atoms with van der Waals surface area (Å²) in [6, 6.07) is 9.83. The molecule has 1 aromatic rings. The van der Waals surface area contributed by atoms with Gasteiger partial charge in [-0.1, -0.05) is 37.3 Å². The smallest absolute Gasteiger partial charge is 0.243 e. The highest BCUT2D eigenvalue weighted by Crippen LogP contribution is 2.24. The van der Waals surface area contributed by atoms with E-state index in [4.69, 9.17) is 0 Å². The lowest BCUT2D eigenvalue weighted by atomic mass is 9.99. The van der Waals surface area contributed by atoms with E-state index in [0.717, 1.165) is 5.56 Å². The Morgan fingerprint density at radius 1 is 1.33 bits per heavy atom. The van der Waals surface area contributed by atoms with E-state index in [1.165, 1.54) is 0 Å². The van der Waals surface area contributed by atoms with Crippen LogP contribution >= 0.6 is 11.8 Å². The second-order valence-corrected chi connectivity index (χ2v) is 7.35. The third-order valence-corrected chi connectivity index (χ3v) is 5.36. The third-order valence-electron chi connectivity index (χ3n) is 4.35. The van der Waals surface area contributed by atoms with Gasteiger partial charge in [0, 0.05) is 18.2 Å². The van der Waals surface area contributed by atoms with E-state index in [1.54, 1.807) is 16.7 Å². The topological polar surface area (TPSA) is 52.7 Å². The molecular formula is C18H27N3O2S.